The summed E-state index contributed by atoms with van der Waals surface area (Å²) in [5, 5.41) is 0. The Balaban J connectivity index is 2.15. The monoisotopic (exact) mass is 275 g/mol. The summed E-state index contributed by atoms with van der Waals surface area (Å²) in [6, 6.07) is 0.0592. The van der Waals surface area contributed by atoms with Gasteiger partial charge in [-0.15, -0.1) is 0 Å². The van der Waals surface area contributed by atoms with Crippen molar-refractivity contribution in [2.24, 2.45) is 0 Å². The van der Waals surface area contributed by atoms with Gasteiger partial charge in [-0.05, 0) is 26.7 Å². The average molecular weight is 275 g/mol. The van der Waals surface area contributed by atoms with Crippen molar-refractivity contribution in [2.45, 2.75) is 51.2 Å². The predicted molar refractivity (Wildman–Crippen MR) is 68.6 cm³/mol. The van der Waals surface area contributed by atoms with Gasteiger partial charge in [-0.2, -0.15) is 0 Å². The van der Waals surface area contributed by atoms with Crippen LogP contribution in [0.25, 0.3) is 0 Å². The second kappa shape index (κ2) is 5.72. The fourth-order valence-corrected chi connectivity index (χ4v) is 5.16. The molecule has 0 radical (unpaired) electrons. The zero-order chi connectivity index (χ0) is 13.2. The number of hydrogen-bond acceptors (Lipinski definition) is 4. The predicted octanol–water partition coefficient (Wildman–Crippen LogP) is 2.41. The summed E-state index contributed by atoms with van der Waals surface area (Å²) in [6.07, 6.45) is 4.19. The van der Waals surface area contributed by atoms with Gasteiger partial charge >= 0.3 is 7.60 Å². The molecule has 18 heavy (non-hydrogen) atoms. The molecule has 0 saturated carbocycles. The fraction of sp³-hybridized carbons (Fsp3) is 0.917. The minimum Gasteiger partial charge on any atom is -0.337 e. The molecule has 2 heterocycles. The molecule has 5 nitrogen and oxygen atoms in total. The number of carbonyl (C=O) groups is 1. The van der Waals surface area contributed by atoms with Crippen molar-refractivity contribution in [1.82, 2.24) is 4.90 Å². The van der Waals surface area contributed by atoms with Crippen molar-refractivity contribution in [3.8, 4) is 0 Å². The second-order valence-electron chi connectivity index (χ2n) is 4.77. The van der Waals surface area contributed by atoms with E-state index in [1.807, 2.05) is 4.90 Å². The van der Waals surface area contributed by atoms with Gasteiger partial charge in [-0.3, -0.25) is 9.36 Å². The maximum atomic E-state index is 12.7. The summed E-state index contributed by atoms with van der Waals surface area (Å²) in [5.74, 6) is -0.0490. The summed E-state index contributed by atoms with van der Waals surface area (Å²) >= 11 is 0. The summed E-state index contributed by atoms with van der Waals surface area (Å²) < 4.78 is 23.3. The Kier molecular flexibility index (Phi) is 4.46. The zero-order valence-corrected chi connectivity index (χ0v) is 12.0. The molecule has 1 amide bonds. The van der Waals surface area contributed by atoms with Crippen molar-refractivity contribution in [2.75, 3.05) is 19.8 Å². The van der Waals surface area contributed by atoms with Crippen LogP contribution in [-0.4, -0.2) is 42.3 Å². The maximum Gasteiger partial charge on any atom is 0.345 e. The number of amides is 1. The number of fused-ring (bicyclic) bond motifs is 1. The second-order valence-corrected chi connectivity index (χ2v) is 6.92. The number of rotatable bonds is 5. The van der Waals surface area contributed by atoms with Crippen LogP contribution in [0.1, 0.15) is 39.5 Å². The first-order chi connectivity index (χ1) is 8.64. The lowest BCUT2D eigenvalue weighted by Gasteiger charge is -2.47. The lowest BCUT2D eigenvalue weighted by atomic mass is 9.98. The molecular formula is C12H22NO4P. The Bertz CT molecular complexity index is 350. The first-order valence-electron chi connectivity index (χ1n) is 6.83. The molecule has 0 spiro atoms. The molecule has 2 unspecified atom stereocenters. The van der Waals surface area contributed by atoms with E-state index in [0.29, 0.717) is 13.2 Å². The zero-order valence-electron chi connectivity index (χ0n) is 11.1. The molecule has 0 aromatic carbocycles. The molecule has 0 aromatic rings. The summed E-state index contributed by atoms with van der Waals surface area (Å²) in [6.45, 7) is 4.97. The van der Waals surface area contributed by atoms with Crippen molar-refractivity contribution < 1.29 is 18.4 Å². The van der Waals surface area contributed by atoms with E-state index in [9.17, 15) is 9.36 Å². The van der Waals surface area contributed by atoms with E-state index in [0.717, 1.165) is 32.2 Å². The SMILES string of the molecule is CCOP(=O)(OCC)C1C(=O)N2CCCCCC12. The van der Waals surface area contributed by atoms with E-state index >= 15 is 0 Å². The molecule has 2 atom stereocenters. The molecule has 2 aliphatic rings. The van der Waals surface area contributed by atoms with Gasteiger partial charge in [0.15, 0.2) is 5.66 Å². The van der Waals surface area contributed by atoms with Crippen LogP contribution in [0.4, 0.5) is 0 Å². The highest BCUT2D eigenvalue weighted by Gasteiger charge is 2.58. The molecule has 104 valence electrons. The number of carbonyl (C=O) groups excluding carboxylic acids is 1. The van der Waals surface area contributed by atoms with E-state index in [1.54, 1.807) is 13.8 Å². The van der Waals surface area contributed by atoms with Crippen LogP contribution in [0, 0.1) is 0 Å². The quantitative estimate of drug-likeness (QED) is 0.571. The summed E-state index contributed by atoms with van der Waals surface area (Å²) in [7, 11) is -3.28. The fourth-order valence-electron chi connectivity index (χ4n) is 2.89. The van der Waals surface area contributed by atoms with Crippen molar-refractivity contribution in [3.63, 3.8) is 0 Å². The molecular weight excluding hydrogens is 253 g/mol. The molecule has 0 aromatic heterocycles. The highest BCUT2D eigenvalue weighted by atomic mass is 31.2. The van der Waals surface area contributed by atoms with Crippen LogP contribution in [0.3, 0.4) is 0 Å². The van der Waals surface area contributed by atoms with Gasteiger partial charge in [0.2, 0.25) is 5.91 Å². The Hall–Kier alpha value is -0.380. The molecule has 2 fully saturated rings. The minimum absolute atomic E-state index is 0.0490. The normalized spacial score (nSPS) is 28.6. The van der Waals surface area contributed by atoms with Gasteiger partial charge < -0.3 is 13.9 Å². The maximum absolute atomic E-state index is 12.7. The lowest BCUT2D eigenvalue weighted by molar-refractivity contribution is -0.145. The molecule has 2 aliphatic heterocycles. The lowest BCUT2D eigenvalue weighted by Crippen LogP contribution is -2.64. The van der Waals surface area contributed by atoms with E-state index in [2.05, 4.69) is 0 Å². The smallest absolute Gasteiger partial charge is 0.337 e. The number of hydrogen-bond donors (Lipinski definition) is 0. The molecule has 0 bridgehead atoms. The molecule has 2 rings (SSSR count). The van der Waals surface area contributed by atoms with E-state index in [-0.39, 0.29) is 11.9 Å². The Labute approximate surface area is 108 Å². The third-order valence-electron chi connectivity index (χ3n) is 3.66. The van der Waals surface area contributed by atoms with Crippen LogP contribution in [0.5, 0.6) is 0 Å². The topological polar surface area (TPSA) is 55.8 Å². The van der Waals surface area contributed by atoms with Crippen LogP contribution >= 0.6 is 7.60 Å². The molecule has 0 N–H and O–H groups in total. The van der Waals surface area contributed by atoms with Crippen molar-refractivity contribution in [3.05, 3.63) is 0 Å². The van der Waals surface area contributed by atoms with Crippen LogP contribution in [-0.2, 0) is 18.4 Å². The highest BCUT2D eigenvalue weighted by Crippen LogP contribution is 2.59. The average Bonchev–Trinajstić information content (AvgIpc) is 2.51. The standard InChI is InChI=1S/C12H22NO4P/c1-3-16-18(15,17-4-2)11-10-8-6-5-7-9-13(10)12(11)14/h10-11H,3-9H2,1-2H3. The van der Waals surface area contributed by atoms with Gasteiger partial charge in [0.25, 0.3) is 0 Å². The van der Waals surface area contributed by atoms with E-state index in [1.165, 1.54) is 0 Å². The summed E-state index contributed by atoms with van der Waals surface area (Å²) in [4.78, 5) is 14.0. The largest absolute Gasteiger partial charge is 0.345 e. The van der Waals surface area contributed by atoms with Crippen LogP contribution in [0.15, 0.2) is 0 Å². The van der Waals surface area contributed by atoms with E-state index < -0.39 is 13.3 Å². The third-order valence-corrected chi connectivity index (χ3v) is 6.14. The van der Waals surface area contributed by atoms with Gasteiger partial charge in [0, 0.05) is 6.54 Å². The number of β-lactam (4-membered cyclic amide) rings is 1. The van der Waals surface area contributed by atoms with Crippen LogP contribution in [0.2, 0.25) is 0 Å². The van der Waals surface area contributed by atoms with Gasteiger partial charge in [-0.1, -0.05) is 12.8 Å². The number of nitrogens with zero attached hydrogens (tertiary/aromatic N) is 1. The van der Waals surface area contributed by atoms with Gasteiger partial charge in [0.1, 0.15) is 0 Å². The van der Waals surface area contributed by atoms with E-state index in [4.69, 9.17) is 9.05 Å². The molecule has 6 heteroatoms. The first-order valence-corrected chi connectivity index (χ1v) is 8.44. The van der Waals surface area contributed by atoms with Crippen molar-refractivity contribution >= 4 is 13.5 Å². The van der Waals surface area contributed by atoms with Crippen LogP contribution < -0.4 is 0 Å². The Morgan fingerprint density at radius 3 is 2.50 bits per heavy atom. The Morgan fingerprint density at radius 1 is 1.22 bits per heavy atom. The van der Waals surface area contributed by atoms with Gasteiger partial charge in [0.05, 0.1) is 19.3 Å². The summed E-state index contributed by atoms with van der Waals surface area (Å²) in [5.41, 5.74) is -0.560. The Morgan fingerprint density at radius 2 is 1.89 bits per heavy atom. The molecule has 2 saturated heterocycles. The highest BCUT2D eigenvalue weighted by molar-refractivity contribution is 7.56. The first kappa shape index (κ1) is 14.0. The van der Waals surface area contributed by atoms with Crippen molar-refractivity contribution in [1.29, 1.82) is 0 Å². The molecule has 0 aliphatic carbocycles. The van der Waals surface area contributed by atoms with Gasteiger partial charge in [-0.25, -0.2) is 0 Å². The minimum atomic E-state index is -3.28. The third kappa shape index (κ3) is 2.36.